The van der Waals surface area contributed by atoms with Gasteiger partial charge in [-0.05, 0) is 24.6 Å². The van der Waals surface area contributed by atoms with Gasteiger partial charge in [0.15, 0.2) is 11.5 Å². The fourth-order valence-corrected chi connectivity index (χ4v) is 1.76. The first kappa shape index (κ1) is 11.3. The lowest BCUT2D eigenvalue weighted by Crippen LogP contribution is -2.15. The van der Waals surface area contributed by atoms with E-state index in [4.69, 9.17) is 26.8 Å². The summed E-state index contributed by atoms with van der Waals surface area (Å²) in [5.41, 5.74) is 6.60. The number of hydrogen-bond donors (Lipinski definition) is 1. The molecule has 3 nitrogen and oxygen atoms in total. The summed E-state index contributed by atoms with van der Waals surface area (Å²) in [5.74, 6) is 1.33. The molecule has 0 aromatic heterocycles. The van der Waals surface area contributed by atoms with E-state index in [0.29, 0.717) is 29.7 Å². The summed E-state index contributed by atoms with van der Waals surface area (Å²) in [6.07, 6.45) is 3.83. The Morgan fingerprint density at radius 1 is 1.38 bits per heavy atom. The summed E-state index contributed by atoms with van der Waals surface area (Å²) in [6.45, 7) is 3.02. The van der Waals surface area contributed by atoms with Gasteiger partial charge in [-0.1, -0.05) is 23.8 Å². The van der Waals surface area contributed by atoms with Crippen molar-refractivity contribution in [3.05, 3.63) is 28.8 Å². The highest BCUT2D eigenvalue weighted by Gasteiger charge is 2.15. The second-order valence-electron chi connectivity index (χ2n) is 3.75. The van der Waals surface area contributed by atoms with E-state index in [0.717, 1.165) is 5.56 Å². The molecule has 1 aliphatic rings. The first-order chi connectivity index (χ1) is 7.66. The predicted octanol–water partition coefficient (Wildman–Crippen LogP) is 2.47. The highest BCUT2D eigenvalue weighted by atomic mass is 35.5. The van der Waals surface area contributed by atoms with Crippen LogP contribution in [0.4, 0.5) is 0 Å². The highest BCUT2D eigenvalue weighted by molar-refractivity contribution is 6.32. The van der Waals surface area contributed by atoms with Gasteiger partial charge in [-0.25, -0.2) is 0 Å². The lowest BCUT2D eigenvalue weighted by atomic mass is 10.1. The van der Waals surface area contributed by atoms with Crippen molar-refractivity contribution in [2.45, 2.75) is 13.0 Å². The summed E-state index contributed by atoms with van der Waals surface area (Å²) in [4.78, 5) is 0. The van der Waals surface area contributed by atoms with Crippen LogP contribution in [-0.4, -0.2) is 19.3 Å². The van der Waals surface area contributed by atoms with Crippen molar-refractivity contribution in [3.63, 3.8) is 0 Å². The van der Waals surface area contributed by atoms with Crippen LogP contribution in [-0.2, 0) is 0 Å². The van der Waals surface area contributed by atoms with Crippen molar-refractivity contribution in [2.75, 3.05) is 13.2 Å². The Morgan fingerprint density at radius 2 is 2.12 bits per heavy atom. The Morgan fingerprint density at radius 3 is 2.88 bits per heavy atom. The molecule has 0 saturated carbocycles. The minimum absolute atomic E-state index is 0.0203. The summed E-state index contributed by atoms with van der Waals surface area (Å²) in [6, 6.07) is 3.76. The quantitative estimate of drug-likeness (QED) is 0.862. The molecule has 16 heavy (non-hydrogen) atoms. The van der Waals surface area contributed by atoms with Gasteiger partial charge in [-0.15, -0.1) is 0 Å². The van der Waals surface area contributed by atoms with Gasteiger partial charge in [0.25, 0.3) is 0 Å². The maximum atomic E-state index is 6.09. The first-order valence-corrected chi connectivity index (χ1v) is 5.57. The molecule has 0 bridgehead atoms. The van der Waals surface area contributed by atoms with Crippen LogP contribution < -0.4 is 15.2 Å². The molecule has 1 aromatic rings. The second-order valence-corrected chi connectivity index (χ2v) is 4.15. The summed E-state index contributed by atoms with van der Waals surface area (Å²) < 4.78 is 10.9. The third-order valence-corrected chi connectivity index (χ3v) is 2.49. The van der Waals surface area contributed by atoms with Crippen molar-refractivity contribution in [2.24, 2.45) is 5.73 Å². The van der Waals surface area contributed by atoms with Crippen LogP contribution in [0.5, 0.6) is 11.5 Å². The van der Waals surface area contributed by atoms with Gasteiger partial charge in [0.2, 0.25) is 0 Å². The molecule has 86 valence electrons. The number of nitrogens with two attached hydrogens (primary N) is 1. The largest absolute Gasteiger partial charge is 0.486 e. The molecule has 2 N–H and O–H groups in total. The van der Waals surface area contributed by atoms with Gasteiger partial charge in [0.05, 0.1) is 5.02 Å². The lowest BCUT2D eigenvalue weighted by Gasteiger charge is -2.19. The van der Waals surface area contributed by atoms with Gasteiger partial charge in [-0.3, -0.25) is 0 Å². The van der Waals surface area contributed by atoms with Crippen molar-refractivity contribution in [3.8, 4) is 11.5 Å². The minimum atomic E-state index is 0.0203. The molecule has 2 rings (SSSR count). The molecule has 4 heteroatoms. The fraction of sp³-hybridized carbons (Fsp3) is 0.333. The number of ether oxygens (including phenoxy) is 2. The average molecular weight is 240 g/mol. The van der Waals surface area contributed by atoms with E-state index in [2.05, 4.69) is 0 Å². The zero-order valence-electron chi connectivity index (χ0n) is 9.07. The number of rotatable bonds is 2. The molecular formula is C12H14ClNO2. The predicted molar refractivity (Wildman–Crippen MR) is 65.1 cm³/mol. The Bertz CT molecular complexity index is 416. The Labute approximate surface area is 99.8 Å². The second kappa shape index (κ2) is 4.76. The molecule has 1 heterocycles. The van der Waals surface area contributed by atoms with Gasteiger partial charge < -0.3 is 15.2 Å². The molecule has 0 fully saturated rings. The zero-order valence-corrected chi connectivity index (χ0v) is 9.83. The van der Waals surface area contributed by atoms with E-state index in [-0.39, 0.29) is 6.04 Å². The topological polar surface area (TPSA) is 44.5 Å². The SMILES string of the molecule is CC(N)/C=C/c1cc(Cl)c2c(c1)OCCO2. The molecule has 1 unspecified atom stereocenters. The molecule has 1 aromatic carbocycles. The maximum absolute atomic E-state index is 6.09. The van der Waals surface area contributed by atoms with Crippen molar-refractivity contribution in [1.29, 1.82) is 0 Å². The Balaban J connectivity index is 2.32. The van der Waals surface area contributed by atoms with Crippen LogP contribution in [0.3, 0.4) is 0 Å². The molecule has 0 radical (unpaired) electrons. The van der Waals surface area contributed by atoms with Gasteiger partial charge in [-0.2, -0.15) is 0 Å². The van der Waals surface area contributed by atoms with Gasteiger partial charge in [0.1, 0.15) is 13.2 Å². The number of halogens is 1. The van der Waals surface area contributed by atoms with Crippen LogP contribution in [0.25, 0.3) is 6.08 Å². The Kier molecular flexibility index (Phi) is 3.36. The van der Waals surface area contributed by atoms with E-state index < -0.39 is 0 Å². The number of fused-ring (bicyclic) bond motifs is 1. The lowest BCUT2D eigenvalue weighted by molar-refractivity contribution is 0.171. The summed E-state index contributed by atoms with van der Waals surface area (Å²) in [7, 11) is 0. The van der Waals surface area contributed by atoms with Crippen LogP contribution in [0.2, 0.25) is 5.02 Å². The monoisotopic (exact) mass is 239 g/mol. The van der Waals surface area contributed by atoms with Crippen LogP contribution in [0.15, 0.2) is 18.2 Å². The molecule has 0 amide bonds. The van der Waals surface area contributed by atoms with Crippen molar-refractivity contribution < 1.29 is 9.47 Å². The zero-order chi connectivity index (χ0) is 11.5. The average Bonchev–Trinajstić information content (AvgIpc) is 2.26. The number of benzene rings is 1. The first-order valence-electron chi connectivity index (χ1n) is 5.20. The van der Waals surface area contributed by atoms with E-state index in [1.54, 1.807) is 0 Å². The smallest absolute Gasteiger partial charge is 0.179 e. The molecule has 0 saturated heterocycles. The summed E-state index contributed by atoms with van der Waals surface area (Å²) in [5, 5.41) is 0.571. The van der Waals surface area contributed by atoms with Gasteiger partial charge >= 0.3 is 0 Å². The van der Waals surface area contributed by atoms with Crippen molar-refractivity contribution in [1.82, 2.24) is 0 Å². The third-order valence-electron chi connectivity index (χ3n) is 2.21. The Hall–Kier alpha value is -1.19. The van der Waals surface area contributed by atoms with E-state index in [1.165, 1.54) is 0 Å². The summed E-state index contributed by atoms with van der Waals surface area (Å²) >= 11 is 6.09. The normalized spacial score (nSPS) is 16.4. The van der Waals surface area contributed by atoms with E-state index in [1.807, 2.05) is 31.2 Å². The molecule has 1 atom stereocenters. The maximum Gasteiger partial charge on any atom is 0.179 e. The van der Waals surface area contributed by atoms with E-state index in [9.17, 15) is 0 Å². The van der Waals surface area contributed by atoms with Crippen LogP contribution >= 0.6 is 11.6 Å². The standard InChI is InChI=1S/C12H14ClNO2/c1-8(14)2-3-9-6-10(13)12-11(7-9)15-4-5-16-12/h2-3,6-8H,4-5,14H2,1H3/b3-2+. The molecule has 1 aliphatic heterocycles. The van der Waals surface area contributed by atoms with E-state index >= 15 is 0 Å². The van der Waals surface area contributed by atoms with Crippen LogP contribution in [0.1, 0.15) is 12.5 Å². The third kappa shape index (κ3) is 2.49. The molecular weight excluding hydrogens is 226 g/mol. The van der Waals surface area contributed by atoms with Crippen molar-refractivity contribution >= 4 is 17.7 Å². The minimum Gasteiger partial charge on any atom is -0.486 e. The number of hydrogen-bond acceptors (Lipinski definition) is 3. The fourth-order valence-electron chi connectivity index (χ4n) is 1.49. The molecule has 0 spiro atoms. The molecule has 0 aliphatic carbocycles. The van der Waals surface area contributed by atoms with Gasteiger partial charge in [0, 0.05) is 6.04 Å². The highest BCUT2D eigenvalue weighted by Crippen LogP contribution is 2.38. The van der Waals surface area contributed by atoms with Crippen LogP contribution in [0, 0.1) is 0 Å².